The van der Waals surface area contributed by atoms with Crippen molar-refractivity contribution in [2.75, 3.05) is 19.6 Å². The highest BCUT2D eigenvalue weighted by molar-refractivity contribution is 5.30. The molecule has 5 nitrogen and oxygen atoms in total. The van der Waals surface area contributed by atoms with Crippen molar-refractivity contribution in [1.29, 1.82) is 0 Å². The summed E-state index contributed by atoms with van der Waals surface area (Å²) in [6, 6.07) is 16.9. The van der Waals surface area contributed by atoms with Gasteiger partial charge in [-0.15, -0.1) is 0 Å². The fraction of sp³-hybridized carbons (Fsp3) is 0.263. The smallest absolute Gasteiger partial charge is 0.0769 e. The largest absolute Gasteiger partial charge is 0.314 e. The molecule has 1 N–H and O–H groups in total. The molecule has 1 unspecified atom stereocenters. The Labute approximate surface area is 142 Å². The number of piperazine rings is 1. The zero-order valence-electron chi connectivity index (χ0n) is 13.5. The van der Waals surface area contributed by atoms with E-state index in [0.29, 0.717) is 6.04 Å². The normalized spacial score (nSPS) is 18.6. The third kappa shape index (κ3) is 3.22. The Bertz CT molecular complexity index is 769. The van der Waals surface area contributed by atoms with Crippen LogP contribution >= 0.6 is 0 Å². The van der Waals surface area contributed by atoms with Gasteiger partial charge >= 0.3 is 0 Å². The fourth-order valence-electron chi connectivity index (χ4n) is 3.23. The lowest BCUT2D eigenvalue weighted by Gasteiger charge is -2.36. The molecule has 0 radical (unpaired) electrons. The van der Waals surface area contributed by atoms with Crippen molar-refractivity contribution in [1.82, 2.24) is 25.0 Å². The quantitative estimate of drug-likeness (QED) is 0.802. The van der Waals surface area contributed by atoms with E-state index in [1.165, 1.54) is 5.56 Å². The van der Waals surface area contributed by atoms with Crippen LogP contribution in [0.3, 0.4) is 0 Å². The second-order valence-electron chi connectivity index (χ2n) is 6.06. The van der Waals surface area contributed by atoms with Gasteiger partial charge in [-0.05, 0) is 35.9 Å². The summed E-state index contributed by atoms with van der Waals surface area (Å²) in [6.07, 6.45) is 5.77. The van der Waals surface area contributed by atoms with Gasteiger partial charge in [0.2, 0.25) is 0 Å². The zero-order valence-corrected chi connectivity index (χ0v) is 13.5. The summed E-state index contributed by atoms with van der Waals surface area (Å²) in [7, 11) is 0. The highest BCUT2D eigenvalue weighted by Gasteiger charge is 2.24. The molecular formula is C19H21N5. The molecule has 0 amide bonds. The molecule has 1 aliphatic heterocycles. The lowest BCUT2D eigenvalue weighted by Crippen LogP contribution is -2.45. The molecule has 1 aromatic carbocycles. The van der Waals surface area contributed by atoms with Gasteiger partial charge in [0.15, 0.2) is 0 Å². The van der Waals surface area contributed by atoms with E-state index < -0.39 is 0 Å². The summed E-state index contributed by atoms with van der Waals surface area (Å²) in [5.41, 5.74) is 3.49. The van der Waals surface area contributed by atoms with Crippen LogP contribution in [0.25, 0.3) is 5.69 Å². The van der Waals surface area contributed by atoms with Crippen molar-refractivity contribution in [3.8, 4) is 5.69 Å². The van der Waals surface area contributed by atoms with Crippen LogP contribution in [0.4, 0.5) is 0 Å². The summed E-state index contributed by atoms with van der Waals surface area (Å²) in [6.45, 7) is 3.85. The molecule has 1 atom stereocenters. The van der Waals surface area contributed by atoms with E-state index in [4.69, 9.17) is 5.10 Å². The number of pyridine rings is 1. The van der Waals surface area contributed by atoms with Gasteiger partial charge < -0.3 is 5.32 Å². The highest BCUT2D eigenvalue weighted by Crippen LogP contribution is 2.23. The zero-order chi connectivity index (χ0) is 16.2. The first-order chi connectivity index (χ1) is 11.9. The molecule has 122 valence electrons. The standard InChI is InChI=1S/C19H21N5/c1-2-4-18(5-3-1)24-12-8-17(22-24)15-23-13-11-21-14-19(23)16-6-9-20-10-7-16/h1-10,12,19,21H,11,13-15H2. The van der Waals surface area contributed by atoms with Crippen molar-refractivity contribution in [3.63, 3.8) is 0 Å². The minimum Gasteiger partial charge on any atom is -0.314 e. The summed E-state index contributed by atoms with van der Waals surface area (Å²) in [5, 5.41) is 8.24. The minimum absolute atomic E-state index is 0.364. The van der Waals surface area contributed by atoms with Crippen molar-refractivity contribution in [2.45, 2.75) is 12.6 Å². The third-order valence-electron chi connectivity index (χ3n) is 4.48. The van der Waals surface area contributed by atoms with E-state index in [1.807, 2.05) is 41.5 Å². The first-order valence-electron chi connectivity index (χ1n) is 8.35. The Morgan fingerprint density at radius 1 is 1.04 bits per heavy atom. The lowest BCUT2D eigenvalue weighted by molar-refractivity contribution is 0.151. The lowest BCUT2D eigenvalue weighted by atomic mass is 10.0. The first-order valence-corrected chi connectivity index (χ1v) is 8.35. The topological polar surface area (TPSA) is 46.0 Å². The molecule has 1 fully saturated rings. The van der Waals surface area contributed by atoms with E-state index in [1.54, 1.807) is 0 Å². The Balaban J connectivity index is 1.52. The Hall–Kier alpha value is -2.50. The van der Waals surface area contributed by atoms with E-state index in [-0.39, 0.29) is 0 Å². The van der Waals surface area contributed by atoms with Gasteiger partial charge in [0.05, 0.1) is 11.4 Å². The van der Waals surface area contributed by atoms with Crippen molar-refractivity contribution in [3.05, 3.63) is 78.4 Å². The maximum absolute atomic E-state index is 4.74. The Morgan fingerprint density at radius 3 is 2.71 bits per heavy atom. The first kappa shape index (κ1) is 15.1. The molecule has 0 saturated carbocycles. The number of para-hydroxylation sites is 1. The van der Waals surface area contributed by atoms with Gasteiger partial charge in [-0.2, -0.15) is 5.10 Å². The number of aromatic nitrogens is 3. The summed E-state index contributed by atoms with van der Waals surface area (Å²) < 4.78 is 1.94. The molecule has 2 aromatic heterocycles. The average molecular weight is 319 g/mol. The van der Waals surface area contributed by atoms with Crippen LogP contribution in [-0.4, -0.2) is 39.3 Å². The van der Waals surface area contributed by atoms with Gasteiger partial charge in [-0.1, -0.05) is 18.2 Å². The fourth-order valence-corrected chi connectivity index (χ4v) is 3.23. The van der Waals surface area contributed by atoms with Gasteiger partial charge in [-0.25, -0.2) is 4.68 Å². The minimum atomic E-state index is 0.364. The molecule has 0 bridgehead atoms. The summed E-state index contributed by atoms with van der Waals surface area (Å²) in [4.78, 5) is 6.62. The van der Waals surface area contributed by atoms with Gasteiger partial charge in [0.1, 0.15) is 0 Å². The van der Waals surface area contributed by atoms with Crippen LogP contribution in [-0.2, 0) is 6.54 Å². The van der Waals surface area contributed by atoms with Crippen LogP contribution in [0.2, 0.25) is 0 Å². The molecule has 0 aliphatic carbocycles. The van der Waals surface area contributed by atoms with Crippen LogP contribution in [0.1, 0.15) is 17.3 Å². The number of nitrogens with one attached hydrogen (secondary N) is 1. The SMILES string of the molecule is c1ccc(-n2ccc(CN3CCNCC3c3ccncc3)n2)cc1. The molecule has 1 aliphatic rings. The second-order valence-corrected chi connectivity index (χ2v) is 6.06. The second kappa shape index (κ2) is 6.95. The monoisotopic (exact) mass is 319 g/mol. The van der Waals surface area contributed by atoms with E-state index in [2.05, 4.69) is 45.5 Å². The van der Waals surface area contributed by atoms with Crippen LogP contribution in [0.15, 0.2) is 67.1 Å². The maximum Gasteiger partial charge on any atom is 0.0769 e. The molecule has 3 heterocycles. The van der Waals surface area contributed by atoms with Crippen molar-refractivity contribution >= 4 is 0 Å². The predicted octanol–water partition coefficient (Wildman–Crippen LogP) is 2.41. The van der Waals surface area contributed by atoms with Crippen LogP contribution < -0.4 is 5.32 Å². The van der Waals surface area contributed by atoms with Crippen molar-refractivity contribution < 1.29 is 0 Å². The average Bonchev–Trinajstić information content (AvgIpc) is 3.12. The number of benzene rings is 1. The molecule has 1 saturated heterocycles. The molecule has 24 heavy (non-hydrogen) atoms. The number of hydrogen-bond acceptors (Lipinski definition) is 4. The van der Waals surface area contributed by atoms with E-state index in [0.717, 1.165) is 37.6 Å². The van der Waals surface area contributed by atoms with Gasteiger partial charge in [-0.3, -0.25) is 9.88 Å². The van der Waals surface area contributed by atoms with Gasteiger partial charge in [0, 0.05) is 50.8 Å². The van der Waals surface area contributed by atoms with E-state index in [9.17, 15) is 0 Å². The van der Waals surface area contributed by atoms with Crippen LogP contribution in [0.5, 0.6) is 0 Å². The van der Waals surface area contributed by atoms with Gasteiger partial charge in [0.25, 0.3) is 0 Å². The van der Waals surface area contributed by atoms with E-state index >= 15 is 0 Å². The Morgan fingerprint density at radius 2 is 1.88 bits per heavy atom. The van der Waals surface area contributed by atoms with Crippen LogP contribution in [0, 0.1) is 0 Å². The number of hydrogen-bond donors (Lipinski definition) is 1. The maximum atomic E-state index is 4.74. The Kier molecular flexibility index (Phi) is 4.36. The number of nitrogens with zero attached hydrogens (tertiary/aromatic N) is 4. The van der Waals surface area contributed by atoms with Crippen molar-refractivity contribution in [2.24, 2.45) is 0 Å². The number of rotatable bonds is 4. The molecule has 0 spiro atoms. The summed E-state index contributed by atoms with van der Waals surface area (Å²) >= 11 is 0. The molecule has 5 heteroatoms. The highest BCUT2D eigenvalue weighted by atomic mass is 15.3. The summed E-state index contributed by atoms with van der Waals surface area (Å²) in [5.74, 6) is 0. The predicted molar refractivity (Wildman–Crippen MR) is 93.8 cm³/mol. The molecule has 3 aromatic rings. The molecule has 4 rings (SSSR count). The third-order valence-corrected chi connectivity index (χ3v) is 4.48. The molecular weight excluding hydrogens is 298 g/mol.